The first-order valence-electron chi connectivity index (χ1n) is 9.87. The lowest BCUT2D eigenvalue weighted by molar-refractivity contribution is 0.0598. The summed E-state index contributed by atoms with van der Waals surface area (Å²) < 4.78 is 12.4. The normalized spacial score (nSPS) is 10.9. The molecule has 0 fully saturated rings. The second kappa shape index (κ2) is 9.14. The molecule has 2 aromatic carbocycles. The number of furan rings is 1. The van der Waals surface area contributed by atoms with Gasteiger partial charge in [0.05, 0.1) is 24.7 Å². The second-order valence-electron chi connectivity index (χ2n) is 6.86. The first-order valence-corrected chi connectivity index (χ1v) is 10.9. The van der Waals surface area contributed by atoms with Crippen molar-refractivity contribution in [2.75, 3.05) is 12.4 Å². The average molecular weight is 435 g/mol. The van der Waals surface area contributed by atoms with E-state index >= 15 is 0 Å². The van der Waals surface area contributed by atoms with Crippen molar-refractivity contribution in [2.45, 2.75) is 24.1 Å². The van der Waals surface area contributed by atoms with Gasteiger partial charge in [-0.3, -0.25) is 4.79 Å². The number of amides is 1. The highest BCUT2D eigenvalue weighted by Crippen LogP contribution is 2.29. The smallest absolute Gasteiger partial charge is 0.341 e. The quantitative estimate of drug-likeness (QED) is 0.303. The number of carbonyl (C=O) groups excluding carboxylic acids is 2. The third-order valence-electron chi connectivity index (χ3n) is 5.01. The Morgan fingerprint density at radius 1 is 1.10 bits per heavy atom. The van der Waals surface area contributed by atoms with Crippen molar-refractivity contribution in [3.8, 4) is 0 Å². The minimum atomic E-state index is -0.442. The van der Waals surface area contributed by atoms with E-state index in [4.69, 9.17) is 9.15 Å². The van der Waals surface area contributed by atoms with E-state index in [1.807, 2.05) is 48.7 Å². The fourth-order valence-electron chi connectivity index (χ4n) is 3.42. The molecule has 4 rings (SSSR count). The zero-order valence-electron chi connectivity index (χ0n) is 17.3. The number of nitrogens with one attached hydrogen (secondary N) is 1. The van der Waals surface area contributed by atoms with E-state index < -0.39 is 5.97 Å². The Hall–Kier alpha value is -3.45. The van der Waals surface area contributed by atoms with Crippen LogP contribution in [0.3, 0.4) is 0 Å². The largest absolute Gasteiger partial charge is 0.468 e. The number of methoxy groups -OCH3 is 1. The maximum absolute atomic E-state index is 13.0. The molecular weight excluding hydrogens is 412 g/mol. The number of anilines is 1. The minimum Gasteiger partial charge on any atom is -0.468 e. The summed E-state index contributed by atoms with van der Waals surface area (Å²) >= 11 is 1.43. The van der Waals surface area contributed by atoms with Gasteiger partial charge in [0, 0.05) is 34.2 Å². The van der Waals surface area contributed by atoms with Crippen LogP contribution in [0.2, 0.25) is 0 Å². The Labute approximate surface area is 184 Å². The van der Waals surface area contributed by atoms with Crippen molar-refractivity contribution >= 4 is 40.2 Å². The molecule has 2 aromatic heterocycles. The molecule has 31 heavy (non-hydrogen) atoms. The number of esters is 1. The first kappa shape index (κ1) is 20.8. The van der Waals surface area contributed by atoms with Crippen molar-refractivity contribution in [1.29, 1.82) is 0 Å². The van der Waals surface area contributed by atoms with Gasteiger partial charge in [0.25, 0.3) is 5.91 Å². The molecule has 0 bridgehead atoms. The zero-order chi connectivity index (χ0) is 21.8. The molecule has 0 saturated heterocycles. The molecule has 158 valence electrons. The Kier molecular flexibility index (Phi) is 6.13. The summed E-state index contributed by atoms with van der Waals surface area (Å²) in [5.41, 5.74) is 2.83. The van der Waals surface area contributed by atoms with Crippen molar-refractivity contribution in [3.05, 3.63) is 83.9 Å². The molecule has 0 radical (unpaired) electrons. The molecule has 0 atom stereocenters. The molecule has 0 unspecified atom stereocenters. The van der Waals surface area contributed by atoms with E-state index in [1.165, 1.54) is 25.1 Å². The maximum Gasteiger partial charge on any atom is 0.341 e. The highest BCUT2D eigenvalue weighted by Gasteiger charge is 2.17. The highest BCUT2D eigenvalue weighted by atomic mass is 32.2. The van der Waals surface area contributed by atoms with Crippen LogP contribution in [0.4, 0.5) is 5.69 Å². The van der Waals surface area contributed by atoms with E-state index in [0.29, 0.717) is 22.6 Å². The molecule has 0 aliphatic carbocycles. The van der Waals surface area contributed by atoms with E-state index in [-0.39, 0.29) is 5.91 Å². The number of carbonyl (C=O) groups is 2. The number of nitrogens with zero attached hydrogens (tertiary/aromatic N) is 1. The van der Waals surface area contributed by atoms with Crippen LogP contribution in [-0.4, -0.2) is 23.6 Å². The lowest BCUT2D eigenvalue weighted by Gasteiger charge is -2.10. The van der Waals surface area contributed by atoms with Gasteiger partial charge in [0.1, 0.15) is 11.3 Å². The third kappa shape index (κ3) is 4.36. The molecule has 7 heteroatoms. The number of hydrogen-bond donors (Lipinski definition) is 1. The van der Waals surface area contributed by atoms with Gasteiger partial charge in [-0.1, -0.05) is 12.1 Å². The van der Waals surface area contributed by atoms with Gasteiger partial charge in [0.2, 0.25) is 0 Å². The summed E-state index contributed by atoms with van der Waals surface area (Å²) in [5.74, 6) is 0.281. The van der Waals surface area contributed by atoms with Gasteiger partial charge in [0.15, 0.2) is 0 Å². The Balaban J connectivity index is 1.51. The summed E-state index contributed by atoms with van der Waals surface area (Å²) in [5, 5.41) is 4.07. The van der Waals surface area contributed by atoms with E-state index in [1.54, 1.807) is 12.1 Å². The number of benzene rings is 2. The number of ether oxygens (including phenoxy) is 1. The van der Waals surface area contributed by atoms with Crippen molar-refractivity contribution in [2.24, 2.45) is 0 Å². The summed E-state index contributed by atoms with van der Waals surface area (Å²) in [4.78, 5) is 25.6. The van der Waals surface area contributed by atoms with Gasteiger partial charge in [-0.2, -0.15) is 0 Å². The number of hydrogen-bond acceptors (Lipinski definition) is 5. The number of rotatable bonds is 7. The molecule has 1 N–H and O–H groups in total. The van der Waals surface area contributed by atoms with Gasteiger partial charge in [-0.05, 0) is 49.4 Å². The second-order valence-corrected chi connectivity index (χ2v) is 7.88. The topological polar surface area (TPSA) is 73.5 Å². The molecule has 1 amide bonds. The maximum atomic E-state index is 13.0. The molecule has 0 saturated carbocycles. The summed E-state index contributed by atoms with van der Waals surface area (Å²) in [6, 6.07) is 16.9. The van der Waals surface area contributed by atoms with Crippen LogP contribution in [0.15, 0.2) is 76.4 Å². The lowest BCUT2D eigenvalue weighted by atomic mass is 10.2. The SMILES string of the molecule is CCn1ccc2cc(NC(=O)c3ccccc3SCc3occc3C(=O)OC)ccc21. The molecule has 0 aliphatic heterocycles. The van der Waals surface area contributed by atoms with Gasteiger partial charge in [-0.25, -0.2) is 4.79 Å². The summed E-state index contributed by atoms with van der Waals surface area (Å²) in [6.45, 7) is 2.99. The Morgan fingerprint density at radius 3 is 2.74 bits per heavy atom. The van der Waals surface area contributed by atoms with Crippen molar-refractivity contribution in [1.82, 2.24) is 4.57 Å². The Morgan fingerprint density at radius 2 is 1.94 bits per heavy atom. The Bertz CT molecular complexity index is 1240. The number of aryl methyl sites for hydroxylation is 1. The number of aromatic nitrogens is 1. The van der Waals surface area contributed by atoms with Gasteiger partial charge < -0.3 is 19.0 Å². The van der Waals surface area contributed by atoms with E-state index in [0.717, 1.165) is 28.0 Å². The average Bonchev–Trinajstić information content (AvgIpc) is 3.43. The van der Waals surface area contributed by atoms with Crippen LogP contribution >= 0.6 is 11.8 Å². The van der Waals surface area contributed by atoms with Crippen molar-refractivity contribution in [3.63, 3.8) is 0 Å². The monoisotopic (exact) mass is 434 g/mol. The highest BCUT2D eigenvalue weighted by molar-refractivity contribution is 7.98. The number of fused-ring (bicyclic) bond motifs is 1. The third-order valence-corrected chi connectivity index (χ3v) is 6.08. The van der Waals surface area contributed by atoms with Gasteiger partial charge in [-0.15, -0.1) is 11.8 Å². The standard InChI is InChI=1S/C24H22N2O4S/c1-3-26-12-10-16-14-17(8-9-20(16)26)25-23(27)19-6-4-5-7-22(19)31-15-21-18(11-13-30-21)24(28)29-2/h4-14H,3,15H2,1-2H3,(H,25,27). The molecule has 4 aromatic rings. The summed E-state index contributed by atoms with van der Waals surface area (Å²) in [7, 11) is 1.33. The van der Waals surface area contributed by atoms with Crippen molar-refractivity contribution < 1.29 is 18.7 Å². The predicted octanol–water partition coefficient (Wildman–Crippen LogP) is 5.59. The fraction of sp³-hybridized carbons (Fsp3) is 0.167. The molecule has 6 nitrogen and oxygen atoms in total. The predicted molar refractivity (Wildman–Crippen MR) is 122 cm³/mol. The minimum absolute atomic E-state index is 0.190. The van der Waals surface area contributed by atoms with Crippen LogP contribution in [-0.2, 0) is 17.0 Å². The zero-order valence-corrected chi connectivity index (χ0v) is 18.1. The van der Waals surface area contributed by atoms with Gasteiger partial charge >= 0.3 is 5.97 Å². The lowest BCUT2D eigenvalue weighted by Crippen LogP contribution is -2.13. The molecule has 0 spiro atoms. The number of thioether (sulfide) groups is 1. The van der Waals surface area contributed by atoms with Crippen LogP contribution in [0, 0.1) is 0 Å². The molecule has 2 heterocycles. The summed E-state index contributed by atoms with van der Waals surface area (Å²) in [6.07, 6.45) is 3.50. The molecular formula is C24H22N2O4S. The fourth-order valence-corrected chi connectivity index (χ4v) is 4.42. The van der Waals surface area contributed by atoms with Crippen LogP contribution in [0.1, 0.15) is 33.4 Å². The van der Waals surface area contributed by atoms with E-state index in [9.17, 15) is 9.59 Å². The first-order chi connectivity index (χ1) is 15.1. The van der Waals surface area contributed by atoms with E-state index in [2.05, 4.69) is 16.8 Å². The van der Waals surface area contributed by atoms with Crippen LogP contribution < -0.4 is 5.32 Å². The van der Waals surface area contributed by atoms with Crippen LogP contribution in [0.5, 0.6) is 0 Å². The molecule has 0 aliphatic rings. The van der Waals surface area contributed by atoms with Crippen LogP contribution in [0.25, 0.3) is 10.9 Å².